The van der Waals surface area contributed by atoms with Crippen molar-refractivity contribution in [1.82, 2.24) is 19.7 Å². The minimum atomic E-state index is -0.565. The number of hydrogen-bond donors (Lipinski definition) is 2. The zero-order chi connectivity index (χ0) is 19.8. The Bertz CT molecular complexity index is 1100. The average Bonchev–Trinajstić information content (AvgIpc) is 3.11. The van der Waals surface area contributed by atoms with Crippen LogP contribution >= 0.6 is 0 Å². The molecule has 0 saturated carbocycles. The Morgan fingerprint density at radius 1 is 1.21 bits per heavy atom. The van der Waals surface area contributed by atoms with E-state index in [2.05, 4.69) is 20.4 Å². The number of fused-ring (bicyclic) bond motifs is 1. The molecule has 0 saturated heterocycles. The molecule has 140 valence electrons. The predicted molar refractivity (Wildman–Crippen MR) is 100 cm³/mol. The molecule has 1 aliphatic heterocycles. The van der Waals surface area contributed by atoms with Crippen molar-refractivity contribution >= 4 is 17.5 Å². The molecule has 10 nitrogen and oxygen atoms in total. The third-order valence-electron chi connectivity index (χ3n) is 4.48. The van der Waals surface area contributed by atoms with Gasteiger partial charge in [-0.1, -0.05) is 0 Å². The topological polar surface area (TPSA) is 142 Å². The molecule has 4 rings (SSSR count). The van der Waals surface area contributed by atoms with E-state index in [1.165, 1.54) is 12.1 Å². The molecule has 28 heavy (non-hydrogen) atoms. The van der Waals surface area contributed by atoms with Crippen molar-refractivity contribution in [3.63, 3.8) is 0 Å². The number of non-ortho nitro benzene ring substituents is 1. The number of nitro benzene ring substituents is 1. The summed E-state index contributed by atoms with van der Waals surface area (Å²) in [5.74, 6) is 0.248. The van der Waals surface area contributed by atoms with Crippen molar-refractivity contribution in [2.75, 3.05) is 5.32 Å². The number of benzene rings is 1. The lowest BCUT2D eigenvalue weighted by atomic mass is 9.96. The molecule has 1 amide bonds. The number of aromatic nitrogens is 4. The highest BCUT2D eigenvalue weighted by Crippen LogP contribution is 2.35. The lowest BCUT2D eigenvalue weighted by molar-refractivity contribution is -0.384. The fourth-order valence-corrected chi connectivity index (χ4v) is 3.18. The molecular formula is C18H15N7O3. The van der Waals surface area contributed by atoms with E-state index in [1.54, 1.807) is 48.3 Å². The highest BCUT2D eigenvalue weighted by Gasteiger charge is 2.33. The molecule has 0 spiro atoms. The van der Waals surface area contributed by atoms with Gasteiger partial charge in [0.2, 0.25) is 11.9 Å². The number of carbonyl (C=O) groups is 1. The van der Waals surface area contributed by atoms with Crippen LogP contribution in [0.15, 0.2) is 60.1 Å². The van der Waals surface area contributed by atoms with Crippen LogP contribution in [0.1, 0.15) is 18.5 Å². The van der Waals surface area contributed by atoms with Crippen LogP contribution in [0.3, 0.4) is 0 Å². The van der Waals surface area contributed by atoms with Gasteiger partial charge >= 0.3 is 0 Å². The normalized spacial score (nSPS) is 15.7. The van der Waals surface area contributed by atoms with E-state index >= 15 is 0 Å². The molecule has 1 aromatic carbocycles. The predicted octanol–water partition coefficient (Wildman–Crippen LogP) is 2.02. The molecule has 1 atom stereocenters. The molecule has 1 aliphatic rings. The highest BCUT2D eigenvalue weighted by atomic mass is 16.6. The fourth-order valence-electron chi connectivity index (χ4n) is 3.18. The monoisotopic (exact) mass is 377 g/mol. The summed E-state index contributed by atoms with van der Waals surface area (Å²) in [4.78, 5) is 31.0. The summed E-state index contributed by atoms with van der Waals surface area (Å²) in [7, 11) is 0. The molecule has 0 fully saturated rings. The van der Waals surface area contributed by atoms with Crippen LogP contribution in [-0.4, -0.2) is 30.6 Å². The maximum atomic E-state index is 12.1. The first kappa shape index (κ1) is 17.3. The van der Waals surface area contributed by atoms with Gasteiger partial charge in [0.05, 0.1) is 10.5 Å². The van der Waals surface area contributed by atoms with Gasteiger partial charge in [0, 0.05) is 35.8 Å². The molecule has 10 heteroatoms. The van der Waals surface area contributed by atoms with Crippen molar-refractivity contribution in [3.05, 3.63) is 75.7 Å². The largest absolute Gasteiger partial charge is 0.366 e. The number of carbonyl (C=O) groups excluding carboxylic acids is 1. The minimum absolute atomic E-state index is 0.0194. The van der Waals surface area contributed by atoms with Crippen molar-refractivity contribution < 1.29 is 9.72 Å². The van der Waals surface area contributed by atoms with Crippen LogP contribution < -0.4 is 11.1 Å². The number of anilines is 1. The van der Waals surface area contributed by atoms with Gasteiger partial charge < -0.3 is 11.1 Å². The van der Waals surface area contributed by atoms with Gasteiger partial charge in [-0.2, -0.15) is 4.98 Å². The first-order valence-electron chi connectivity index (χ1n) is 8.34. The van der Waals surface area contributed by atoms with E-state index < -0.39 is 16.9 Å². The lowest BCUT2D eigenvalue weighted by Crippen LogP contribution is -2.31. The van der Waals surface area contributed by atoms with Gasteiger partial charge in [-0.05, 0) is 36.8 Å². The quantitative estimate of drug-likeness (QED) is 0.523. The van der Waals surface area contributed by atoms with Crippen LogP contribution in [0.4, 0.5) is 11.6 Å². The maximum Gasteiger partial charge on any atom is 0.269 e. The lowest BCUT2D eigenvalue weighted by Gasteiger charge is -2.27. The van der Waals surface area contributed by atoms with Gasteiger partial charge in [-0.25, -0.2) is 4.68 Å². The third kappa shape index (κ3) is 2.86. The smallest absolute Gasteiger partial charge is 0.269 e. The summed E-state index contributed by atoms with van der Waals surface area (Å²) in [5.41, 5.74) is 7.97. The second-order valence-corrected chi connectivity index (χ2v) is 6.22. The van der Waals surface area contributed by atoms with Gasteiger partial charge in [0.25, 0.3) is 5.69 Å². The number of amides is 1. The van der Waals surface area contributed by atoms with Gasteiger partial charge in [-0.3, -0.25) is 19.9 Å². The SMILES string of the molecule is CC1=C(C(N)=O)C(c2ccncc2)n2nc(-c3ccc([N+](=O)[O-])cc3)nc2N1. The molecule has 0 bridgehead atoms. The summed E-state index contributed by atoms with van der Waals surface area (Å²) in [6.07, 6.45) is 3.25. The van der Waals surface area contributed by atoms with E-state index in [0.717, 1.165) is 5.56 Å². The van der Waals surface area contributed by atoms with Gasteiger partial charge in [0.1, 0.15) is 6.04 Å². The molecular weight excluding hydrogens is 362 g/mol. The number of primary amides is 1. The Labute approximate surface area is 158 Å². The van der Waals surface area contributed by atoms with Crippen molar-refractivity contribution in [2.24, 2.45) is 5.73 Å². The number of pyridine rings is 1. The van der Waals surface area contributed by atoms with E-state index in [9.17, 15) is 14.9 Å². The number of rotatable bonds is 4. The van der Waals surface area contributed by atoms with E-state index in [4.69, 9.17) is 5.73 Å². The van der Waals surface area contributed by atoms with Crippen molar-refractivity contribution in [1.29, 1.82) is 0 Å². The first-order chi connectivity index (χ1) is 13.5. The Hall–Kier alpha value is -4.08. The van der Waals surface area contributed by atoms with Crippen LogP contribution in [0.5, 0.6) is 0 Å². The summed E-state index contributed by atoms with van der Waals surface area (Å²) < 4.78 is 1.58. The summed E-state index contributed by atoms with van der Waals surface area (Å²) in [6.45, 7) is 1.75. The van der Waals surface area contributed by atoms with Crippen LogP contribution in [0.2, 0.25) is 0 Å². The number of hydrogen-bond acceptors (Lipinski definition) is 7. The highest BCUT2D eigenvalue weighted by molar-refractivity contribution is 5.95. The standard InChI is InChI=1S/C18H15N7O3/c1-10-14(16(19)26)15(11-6-8-20-9-7-11)24-18(21-10)22-17(23-24)12-2-4-13(5-3-12)25(27)28/h2-9,15H,1H3,(H2,19,26)(H,21,22,23). The Balaban J connectivity index is 1.82. The molecule has 0 aliphatic carbocycles. The first-order valence-corrected chi connectivity index (χ1v) is 8.34. The number of nitro groups is 1. The molecule has 0 radical (unpaired) electrons. The number of nitrogens with two attached hydrogens (primary N) is 1. The fraction of sp³-hybridized carbons (Fsp3) is 0.111. The number of allylic oxidation sites excluding steroid dienone is 1. The third-order valence-corrected chi connectivity index (χ3v) is 4.48. The zero-order valence-electron chi connectivity index (χ0n) is 14.7. The molecule has 2 aromatic heterocycles. The number of nitrogens with one attached hydrogen (secondary N) is 1. The zero-order valence-corrected chi connectivity index (χ0v) is 14.7. The Morgan fingerprint density at radius 3 is 2.50 bits per heavy atom. The maximum absolute atomic E-state index is 12.1. The van der Waals surface area contributed by atoms with Crippen molar-refractivity contribution in [2.45, 2.75) is 13.0 Å². The summed E-state index contributed by atoms with van der Waals surface area (Å²) in [5, 5.41) is 18.4. The minimum Gasteiger partial charge on any atom is -0.366 e. The second-order valence-electron chi connectivity index (χ2n) is 6.22. The molecule has 3 aromatic rings. The van der Waals surface area contributed by atoms with Gasteiger partial charge in [0.15, 0.2) is 5.82 Å². The Kier molecular flexibility index (Phi) is 4.07. The molecule has 1 unspecified atom stereocenters. The van der Waals surface area contributed by atoms with E-state index in [1.807, 2.05) is 0 Å². The summed E-state index contributed by atoms with van der Waals surface area (Å²) in [6, 6.07) is 8.94. The van der Waals surface area contributed by atoms with Crippen LogP contribution in [0, 0.1) is 10.1 Å². The van der Waals surface area contributed by atoms with Crippen molar-refractivity contribution in [3.8, 4) is 11.4 Å². The van der Waals surface area contributed by atoms with E-state index in [-0.39, 0.29) is 5.69 Å². The van der Waals surface area contributed by atoms with E-state index in [0.29, 0.717) is 28.6 Å². The van der Waals surface area contributed by atoms with Gasteiger partial charge in [-0.15, -0.1) is 5.10 Å². The van der Waals surface area contributed by atoms with Crippen LogP contribution in [-0.2, 0) is 4.79 Å². The number of nitrogens with zero attached hydrogens (tertiary/aromatic N) is 5. The second kappa shape index (κ2) is 6.58. The van der Waals surface area contributed by atoms with Crippen LogP contribution in [0.25, 0.3) is 11.4 Å². The average molecular weight is 377 g/mol. The molecule has 3 N–H and O–H groups in total. The molecule has 3 heterocycles. The Morgan fingerprint density at radius 2 is 1.89 bits per heavy atom. The summed E-state index contributed by atoms with van der Waals surface area (Å²) >= 11 is 0.